The summed E-state index contributed by atoms with van der Waals surface area (Å²) in [6.45, 7) is 0. The molecule has 0 saturated heterocycles. The van der Waals surface area contributed by atoms with Gasteiger partial charge in [-0.3, -0.25) is 0 Å². The average Bonchev–Trinajstić information content (AvgIpc) is 3.82. The molecule has 58 heavy (non-hydrogen) atoms. The first-order valence-electron chi connectivity index (χ1n) is 19.6. The Balaban J connectivity index is 1.14. The molecule has 0 radical (unpaired) electrons. The van der Waals surface area contributed by atoms with Gasteiger partial charge in [-0.2, -0.15) is 0 Å². The van der Waals surface area contributed by atoms with E-state index in [4.69, 9.17) is 15.0 Å². The molecule has 0 unspecified atom stereocenters. The van der Waals surface area contributed by atoms with Gasteiger partial charge in [0.25, 0.3) is 0 Å². The summed E-state index contributed by atoms with van der Waals surface area (Å²) in [5, 5.41) is 9.73. The van der Waals surface area contributed by atoms with Crippen molar-refractivity contribution < 1.29 is 0 Å². The lowest BCUT2D eigenvalue weighted by Crippen LogP contribution is -2.03. The van der Waals surface area contributed by atoms with Crippen LogP contribution >= 0.6 is 0 Å². The third kappa shape index (κ3) is 4.93. The van der Waals surface area contributed by atoms with Gasteiger partial charge in [0, 0.05) is 54.7 Å². The van der Waals surface area contributed by atoms with E-state index in [-0.39, 0.29) is 0 Å². The monoisotopic (exact) mass is 739 g/mol. The smallest absolute Gasteiger partial charge is 0.164 e. The number of hydrogen-bond acceptors (Lipinski definition) is 3. The number of para-hydroxylation sites is 2. The Morgan fingerprint density at radius 1 is 0.293 bits per heavy atom. The van der Waals surface area contributed by atoms with Gasteiger partial charge in [0.05, 0.1) is 27.8 Å². The maximum atomic E-state index is 5.02. The van der Waals surface area contributed by atoms with E-state index >= 15 is 0 Å². The van der Waals surface area contributed by atoms with Crippen molar-refractivity contribution in [2.24, 2.45) is 0 Å². The molecule has 270 valence electrons. The first-order chi connectivity index (χ1) is 28.8. The van der Waals surface area contributed by atoms with Crippen LogP contribution in [0.2, 0.25) is 0 Å². The highest BCUT2D eigenvalue weighted by molar-refractivity contribution is 6.23. The highest BCUT2D eigenvalue weighted by Gasteiger charge is 2.24. The van der Waals surface area contributed by atoms with Crippen molar-refractivity contribution in [1.82, 2.24) is 24.1 Å². The van der Waals surface area contributed by atoms with Crippen LogP contribution in [0.1, 0.15) is 0 Å². The fourth-order valence-electron chi connectivity index (χ4n) is 8.92. The van der Waals surface area contributed by atoms with Crippen LogP contribution in [0.5, 0.6) is 0 Å². The first kappa shape index (κ1) is 32.4. The van der Waals surface area contributed by atoms with Gasteiger partial charge in [0.2, 0.25) is 0 Å². The number of benzene rings is 9. The Morgan fingerprint density at radius 3 is 1.41 bits per heavy atom. The normalized spacial score (nSPS) is 11.8. The molecule has 5 heteroatoms. The van der Waals surface area contributed by atoms with Gasteiger partial charge < -0.3 is 9.13 Å². The van der Waals surface area contributed by atoms with Crippen LogP contribution < -0.4 is 0 Å². The molecule has 0 spiro atoms. The highest BCUT2D eigenvalue weighted by atomic mass is 15.1. The summed E-state index contributed by atoms with van der Waals surface area (Å²) in [4.78, 5) is 15.0. The summed E-state index contributed by atoms with van der Waals surface area (Å²) in [5.41, 5.74) is 9.71. The van der Waals surface area contributed by atoms with E-state index in [2.05, 4.69) is 149 Å². The maximum absolute atomic E-state index is 5.02. The molecule has 0 aliphatic carbocycles. The molecule has 0 amide bonds. The summed E-state index contributed by atoms with van der Waals surface area (Å²) in [7, 11) is 0. The van der Waals surface area contributed by atoms with E-state index in [9.17, 15) is 0 Å². The predicted octanol–water partition coefficient (Wildman–Crippen LogP) is 13.4. The van der Waals surface area contributed by atoms with Crippen LogP contribution in [0.25, 0.3) is 111 Å². The molecule has 12 rings (SSSR count). The average molecular weight is 740 g/mol. The lowest BCUT2D eigenvalue weighted by Gasteiger charge is -2.18. The molecule has 0 atom stereocenters. The van der Waals surface area contributed by atoms with Gasteiger partial charge in [-0.15, -0.1) is 0 Å². The second kappa shape index (κ2) is 12.8. The number of aromatic nitrogens is 5. The molecule has 0 fully saturated rings. The number of rotatable bonds is 5. The molecule has 5 nitrogen and oxygen atoms in total. The van der Waals surface area contributed by atoms with Crippen molar-refractivity contribution in [1.29, 1.82) is 0 Å². The van der Waals surface area contributed by atoms with Gasteiger partial charge in [-0.25, -0.2) is 15.0 Å². The van der Waals surface area contributed by atoms with Gasteiger partial charge >= 0.3 is 0 Å². The lowest BCUT2D eigenvalue weighted by atomic mass is 10.0. The summed E-state index contributed by atoms with van der Waals surface area (Å²) in [5.74, 6) is 1.92. The fraction of sp³-hybridized carbons (Fsp3) is 0. The van der Waals surface area contributed by atoms with E-state index in [0.717, 1.165) is 39.1 Å². The third-order valence-electron chi connectivity index (χ3n) is 11.5. The number of hydrogen-bond donors (Lipinski definition) is 0. The molecule has 3 heterocycles. The topological polar surface area (TPSA) is 48.5 Å². The molecular formula is C53H33N5. The van der Waals surface area contributed by atoms with Gasteiger partial charge in [0.1, 0.15) is 0 Å². The largest absolute Gasteiger partial charge is 0.307 e. The zero-order valence-corrected chi connectivity index (χ0v) is 31.3. The fourth-order valence-corrected chi connectivity index (χ4v) is 8.92. The van der Waals surface area contributed by atoms with E-state index in [0.29, 0.717) is 17.5 Å². The summed E-state index contributed by atoms with van der Waals surface area (Å²) in [6, 6.07) is 71.0. The Morgan fingerprint density at radius 2 is 0.776 bits per heavy atom. The van der Waals surface area contributed by atoms with Crippen LogP contribution in [-0.4, -0.2) is 24.1 Å². The van der Waals surface area contributed by atoms with Gasteiger partial charge in [0.15, 0.2) is 17.5 Å². The zero-order valence-electron chi connectivity index (χ0n) is 31.3. The van der Waals surface area contributed by atoms with E-state index in [1.54, 1.807) is 0 Å². The number of nitrogens with zero attached hydrogens (tertiary/aromatic N) is 5. The molecule has 0 N–H and O–H groups in total. The first-order valence-corrected chi connectivity index (χ1v) is 19.6. The van der Waals surface area contributed by atoms with Crippen molar-refractivity contribution in [3.8, 4) is 45.5 Å². The van der Waals surface area contributed by atoms with Crippen molar-refractivity contribution in [2.45, 2.75) is 0 Å². The third-order valence-corrected chi connectivity index (χ3v) is 11.5. The number of fused-ring (bicyclic) bond motifs is 9. The summed E-state index contributed by atoms with van der Waals surface area (Å²) < 4.78 is 4.97. The molecule has 0 aliphatic heterocycles. The van der Waals surface area contributed by atoms with Crippen LogP contribution in [0.4, 0.5) is 0 Å². The second-order valence-electron chi connectivity index (χ2n) is 14.8. The molecular weight excluding hydrogens is 707 g/mol. The Kier molecular flexibility index (Phi) is 7.16. The molecule has 0 bridgehead atoms. The van der Waals surface area contributed by atoms with Crippen molar-refractivity contribution >= 4 is 65.2 Å². The minimum atomic E-state index is 0.630. The molecule has 9 aromatic carbocycles. The second-order valence-corrected chi connectivity index (χ2v) is 14.8. The van der Waals surface area contributed by atoms with Gasteiger partial charge in [-0.1, -0.05) is 158 Å². The van der Waals surface area contributed by atoms with Crippen LogP contribution in [0.3, 0.4) is 0 Å². The maximum Gasteiger partial charge on any atom is 0.164 e. The Bertz CT molecular complexity index is 3490. The standard InChI is InChI=1S/C53H33N5/c1-3-16-35(17-4-1)51-54-52(36-18-5-2-6-19-36)56-53(55-51)37-27-30-39(31-28-37)57-46-25-13-12-24-43(46)45-33-38-20-8-10-22-41(38)49(50(45)57)58-47-26-14-11-23-42(47)44-32-29-34-15-7-9-21-40(34)48(44)58/h1-33H. The Labute approximate surface area is 333 Å². The van der Waals surface area contributed by atoms with Crippen LogP contribution in [-0.2, 0) is 0 Å². The summed E-state index contributed by atoms with van der Waals surface area (Å²) >= 11 is 0. The SMILES string of the molecule is c1ccc(-c2nc(-c3ccccc3)nc(-c3ccc(-n4c5ccccc5c5cc6ccccc6c(-n6c7ccccc7c7ccc8ccccc8c76)c54)cc3)n2)cc1. The zero-order chi connectivity index (χ0) is 38.2. The van der Waals surface area contributed by atoms with Crippen LogP contribution in [0.15, 0.2) is 200 Å². The molecule has 3 aromatic heterocycles. The van der Waals surface area contributed by atoms with Crippen molar-refractivity contribution in [3.05, 3.63) is 200 Å². The molecule has 0 aliphatic rings. The van der Waals surface area contributed by atoms with Crippen LogP contribution in [0, 0.1) is 0 Å². The van der Waals surface area contributed by atoms with E-state index in [1.165, 1.54) is 54.1 Å². The van der Waals surface area contributed by atoms with Gasteiger partial charge in [-0.05, 0) is 53.2 Å². The summed E-state index contributed by atoms with van der Waals surface area (Å²) in [6.07, 6.45) is 0. The quantitative estimate of drug-likeness (QED) is 0.177. The predicted molar refractivity (Wildman–Crippen MR) is 240 cm³/mol. The van der Waals surface area contributed by atoms with Crippen molar-refractivity contribution in [2.75, 3.05) is 0 Å². The van der Waals surface area contributed by atoms with E-state index in [1.807, 2.05) is 60.7 Å². The minimum absolute atomic E-state index is 0.630. The van der Waals surface area contributed by atoms with E-state index < -0.39 is 0 Å². The minimum Gasteiger partial charge on any atom is -0.307 e. The Hall–Kier alpha value is -7.89. The molecule has 0 saturated carbocycles. The van der Waals surface area contributed by atoms with Crippen molar-refractivity contribution in [3.63, 3.8) is 0 Å². The lowest BCUT2D eigenvalue weighted by molar-refractivity contribution is 1.07. The molecule has 12 aromatic rings. The highest BCUT2D eigenvalue weighted by Crippen LogP contribution is 2.44.